The third kappa shape index (κ3) is 3.87. The maximum atomic E-state index is 11.9. The summed E-state index contributed by atoms with van der Waals surface area (Å²) in [6.45, 7) is 0.257. The molecular formula is C17H16N2O4. The minimum atomic E-state index is -0.870. The molecule has 0 bridgehead atoms. The second kappa shape index (κ2) is 6.93. The SMILES string of the molecule is O=C(C[C@H]1Oc2ccccc2NC1=O)NOCc1ccccc1. The minimum Gasteiger partial charge on any atom is -0.478 e. The van der Waals surface area contributed by atoms with Gasteiger partial charge >= 0.3 is 0 Å². The number of benzene rings is 2. The van der Waals surface area contributed by atoms with Crippen LogP contribution in [-0.4, -0.2) is 17.9 Å². The van der Waals surface area contributed by atoms with Gasteiger partial charge in [-0.05, 0) is 17.7 Å². The van der Waals surface area contributed by atoms with E-state index in [0.717, 1.165) is 5.56 Å². The lowest BCUT2D eigenvalue weighted by molar-refractivity contribution is -0.139. The fourth-order valence-electron chi connectivity index (χ4n) is 2.21. The molecule has 0 aliphatic carbocycles. The smallest absolute Gasteiger partial charge is 0.266 e. The first kappa shape index (κ1) is 15.1. The molecule has 6 heteroatoms. The van der Waals surface area contributed by atoms with Crippen LogP contribution in [0.15, 0.2) is 54.6 Å². The number of hydrogen-bond acceptors (Lipinski definition) is 4. The third-order valence-corrected chi connectivity index (χ3v) is 3.35. The highest BCUT2D eigenvalue weighted by Crippen LogP contribution is 2.29. The summed E-state index contributed by atoms with van der Waals surface area (Å²) < 4.78 is 5.55. The number of ether oxygens (including phenoxy) is 1. The van der Waals surface area contributed by atoms with Gasteiger partial charge in [0, 0.05) is 0 Å². The molecule has 1 atom stereocenters. The molecule has 23 heavy (non-hydrogen) atoms. The second-order valence-corrected chi connectivity index (χ2v) is 5.10. The zero-order valence-electron chi connectivity index (χ0n) is 12.3. The summed E-state index contributed by atoms with van der Waals surface area (Å²) in [7, 11) is 0. The molecule has 1 heterocycles. The topological polar surface area (TPSA) is 76.7 Å². The number of rotatable bonds is 5. The molecular weight excluding hydrogens is 296 g/mol. The molecule has 3 rings (SSSR count). The van der Waals surface area contributed by atoms with E-state index in [0.29, 0.717) is 11.4 Å². The highest BCUT2D eigenvalue weighted by Gasteiger charge is 2.29. The van der Waals surface area contributed by atoms with Gasteiger partial charge in [0.25, 0.3) is 5.91 Å². The summed E-state index contributed by atoms with van der Waals surface area (Å²) in [6, 6.07) is 16.5. The van der Waals surface area contributed by atoms with Gasteiger partial charge in [-0.1, -0.05) is 42.5 Å². The number of fused-ring (bicyclic) bond motifs is 1. The fraction of sp³-hybridized carbons (Fsp3) is 0.176. The zero-order valence-corrected chi connectivity index (χ0v) is 12.3. The highest BCUT2D eigenvalue weighted by atomic mass is 16.6. The molecule has 2 aromatic carbocycles. The summed E-state index contributed by atoms with van der Waals surface area (Å²) >= 11 is 0. The van der Waals surface area contributed by atoms with Gasteiger partial charge in [-0.2, -0.15) is 0 Å². The number of carbonyl (C=O) groups is 2. The average molecular weight is 312 g/mol. The quantitative estimate of drug-likeness (QED) is 0.828. The zero-order chi connectivity index (χ0) is 16.1. The van der Waals surface area contributed by atoms with E-state index in [-0.39, 0.29) is 18.9 Å². The largest absolute Gasteiger partial charge is 0.478 e. The van der Waals surface area contributed by atoms with E-state index >= 15 is 0 Å². The summed E-state index contributed by atoms with van der Waals surface area (Å²) in [6.07, 6.45) is -0.986. The standard InChI is InChI=1S/C17H16N2O4/c20-16(19-22-11-12-6-2-1-3-7-12)10-15-17(21)18-13-8-4-5-9-14(13)23-15/h1-9,15H,10-11H2,(H,18,21)(H,19,20)/t15-/m1/s1. The van der Waals surface area contributed by atoms with Gasteiger partial charge in [-0.3, -0.25) is 14.4 Å². The molecule has 2 amide bonds. The van der Waals surface area contributed by atoms with Crippen molar-refractivity contribution in [2.24, 2.45) is 0 Å². The Morgan fingerprint density at radius 2 is 1.87 bits per heavy atom. The number of amides is 2. The number of anilines is 1. The van der Waals surface area contributed by atoms with E-state index in [4.69, 9.17) is 9.57 Å². The van der Waals surface area contributed by atoms with Crippen molar-refractivity contribution in [2.75, 3.05) is 5.32 Å². The van der Waals surface area contributed by atoms with Crippen LogP contribution in [0.4, 0.5) is 5.69 Å². The van der Waals surface area contributed by atoms with E-state index in [2.05, 4.69) is 10.8 Å². The van der Waals surface area contributed by atoms with Crippen LogP contribution in [0.5, 0.6) is 5.75 Å². The summed E-state index contributed by atoms with van der Waals surface area (Å²) in [4.78, 5) is 28.9. The van der Waals surface area contributed by atoms with E-state index in [1.54, 1.807) is 24.3 Å². The first-order valence-corrected chi connectivity index (χ1v) is 7.23. The maximum Gasteiger partial charge on any atom is 0.266 e. The van der Waals surface area contributed by atoms with Crippen LogP contribution >= 0.6 is 0 Å². The van der Waals surface area contributed by atoms with E-state index in [1.165, 1.54) is 0 Å². The van der Waals surface area contributed by atoms with Crippen molar-refractivity contribution in [3.05, 3.63) is 60.2 Å². The molecule has 0 aromatic heterocycles. The van der Waals surface area contributed by atoms with Gasteiger partial charge in [0.2, 0.25) is 5.91 Å². The number of hydrogen-bond donors (Lipinski definition) is 2. The Morgan fingerprint density at radius 3 is 2.70 bits per heavy atom. The molecule has 0 spiro atoms. The predicted molar refractivity (Wildman–Crippen MR) is 83.5 cm³/mol. The molecule has 2 N–H and O–H groups in total. The molecule has 0 saturated heterocycles. The van der Waals surface area contributed by atoms with Crippen molar-refractivity contribution >= 4 is 17.5 Å². The van der Waals surface area contributed by atoms with Crippen molar-refractivity contribution in [1.29, 1.82) is 0 Å². The molecule has 2 aromatic rings. The van der Waals surface area contributed by atoms with Crippen molar-refractivity contribution in [3.63, 3.8) is 0 Å². The second-order valence-electron chi connectivity index (χ2n) is 5.10. The Balaban J connectivity index is 1.49. The van der Waals surface area contributed by atoms with Crippen LogP contribution in [0.3, 0.4) is 0 Å². The van der Waals surface area contributed by atoms with E-state index in [9.17, 15) is 9.59 Å². The Labute approximate surface area is 133 Å². The molecule has 1 aliphatic heterocycles. The van der Waals surface area contributed by atoms with Crippen molar-refractivity contribution < 1.29 is 19.2 Å². The van der Waals surface area contributed by atoms with Gasteiger partial charge in [0.05, 0.1) is 18.7 Å². The lowest BCUT2D eigenvalue weighted by atomic mass is 10.1. The predicted octanol–water partition coefficient (Wildman–Crippen LogP) is 2.02. The monoisotopic (exact) mass is 312 g/mol. The molecule has 0 radical (unpaired) electrons. The van der Waals surface area contributed by atoms with Crippen LogP contribution in [0.25, 0.3) is 0 Å². The molecule has 1 aliphatic rings. The van der Waals surface area contributed by atoms with Crippen LogP contribution in [0.2, 0.25) is 0 Å². The number of hydroxylamine groups is 1. The number of nitrogens with one attached hydrogen (secondary N) is 2. The van der Waals surface area contributed by atoms with Crippen LogP contribution in [0.1, 0.15) is 12.0 Å². The Kier molecular flexibility index (Phi) is 4.54. The number of carbonyl (C=O) groups excluding carboxylic acids is 2. The van der Waals surface area contributed by atoms with Gasteiger partial charge < -0.3 is 10.1 Å². The molecule has 118 valence electrons. The van der Waals surface area contributed by atoms with Crippen molar-refractivity contribution in [3.8, 4) is 5.75 Å². The highest BCUT2D eigenvalue weighted by molar-refractivity contribution is 5.99. The van der Waals surface area contributed by atoms with Crippen LogP contribution in [0, 0.1) is 0 Å². The first-order valence-electron chi connectivity index (χ1n) is 7.23. The summed E-state index contributed by atoms with van der Waals surface area (Å²) in [5, 5.41) is 2.71. The molecule has 0 unspecified atom stereocenters. The third-order valence-electron chi connectivity index (χ3n) is 3.35. The Hall–Kier alpha value is -2.86. The normalized spacial score (nSPS) is 16.0. The van der Waals surface area contributed by atoms with Gasteiger partial charge in [-0.15, -0.1) is 0 Å². The van der Waals surface area contributed by atoms with Crippen molar-refractivity contribution in [1.82, 2.24) is 5.48 Å². The van der Waals surface area contributed by atoms with Crippen LogP contribution < -0.4 is 15.5 Å². The van der Waals surface area contributed by atoms with Gasteiger partial charge in [-0.25, -0.2) is 5.48 Å². The van der Waals surface area contributed by atoms with Gasteiger partial charge in [0.15, 0.2) is 6.10 Å². The molecule has 0 fully saturated rings. The molecule has 0 saturated carbocycles. The fourth-order valence-corrected chi connectivity index (χ4v) is 2.21. The van der Waals surface area contributed by atoms with E-state index < -0.39 is 12.0 Å². The maximum absolute atomic E-state index is 11.9. The summed E-state index contributed by atoms with van der Waals surface area (Å²) in [5.74, 6) is -0.211. The molecule has 6 nitrogen and oxygen atoms in total. The minimum absolute atomic E-state index is 0.116. The van der Waals surface area contributed by atoms with Gasteiger partial charge in [0.1, 0.15) is 5.75 Å². The Morgan fingerprint density at radius 1 is 1.13 bits per heavy atom. The summed E-state index contributed by atoms with van der Waals surface area (Å²) in [5.41, 5.74) is 3.87. The average Bonchev–Trinajstić information content (AvgIpc) is 2.56. The van der Waals surface area contributed by atoms with E-state index in [1.807, 2.05) is 30.3 Å². The first-order chi connectivity index (χ1) is 11.2. The lowest BCUT2D eigenvalue weighted by Crippen LogP contribution is -2.41. The Bertz CT molecular complexity index is 703. The number of para-hydroxylation sites is 2. The van der Waals surface area contributed by atoms with Crippen molar-refractivity contribution in [2.45, 2.75) is 19.1 Å². The van der Waals surface area contributed by atoms with Crippen LogP contribution in [-0.2, 0) is 21.0 Å². The lowest BCUT2D eigenvalue weighted by Gasteiger charge is -2.25.